The molecule has 3 atom stereocenters. The highest BCUT2D eigenvalue weighted by Crippen LogP contribution is 2.65. The summed E-state index contributed by atoms with van der Waals surface area (Å²) in [5.74, 6) is 0.946. The standard InChI is InChI=1S/C19H36N2/c1-17(2)15-9-12-18(17,3)16(13-15)20-14-19(21(4)5)10-7-6-8-11-19/h15-16,20H,6-14H2,1-5H3. The zero-order valence-corrected chi connectivity index (χ0v) is 15.0. The van der Waals surface area contributed by atoms with Gasteiger partial charge in [-0.15, -0.1) is 0 Å². The van der Waals surface area contributed by atoms with Crippen LogP contribution < -0.4 is 5.32 Å². The van der Waals surface area contributed by atoms with Crippen molar-refractivity contribution in [2.45, 2.75) is 83.7 Å². The predicted molar refractivity (Wildman–Crippen MR) is 90.5 cm³/mol. The second-order valence-corrected chi connectivity index (χ2v) is 9.22. The highest BCUT2D eigenvalue weighted by Gasteiger charge is 2.61. The van der Waals surface area contributed by atoms with E-state index >= 15 is 0 Å². The van der Waals surface area contributed by atoms with Crippen molar-refractivity contribution in [3.63, 3.8) is 0 Å². The third-order valence-electron chi connectivity index (χ3n) is 8.20. The number of hydrogen-bond donors (Lipinski definition) is 1. The summed E-state index contributed by atoms with van der Waals surface area (Å²) in [5.41, 5.74) is 1.46. The van der Waals surface area contributed by atoms with E-state index < -0.39 is 0 Å². The van der Waals surface area contributed by atoms with Gasteiger partial charge >= 0.3 is 0 Å². The van der Waals surface area contributed by atoms with Crippen molar-refractivity contribution < 1.29 is 0 Å². The summed E-state index contributed by atoms with van der Waals surface area (Å²) in [6, 6.07) is 0.741. The summed E-state index contributed by atoms with van der Waals surface area (Å²) in [6.45, 7) is 8.80. The van der Waals surface area contributed by atoms with Crippen molar-refractivity contribution in [2.75, 3.05) is 20.6 Å². The van der Waals surface area contributed by atoms with Crippen LogP contribution >= 0.6 is 0 Å². The first-order chi connectivity index (χ1) is 9.82. The molecule has 2 nitrogen and oxygen atoms in total. The Bertz CT molecular complexity index is 381. The average molecular weight is 293 g/mol. The summed E-state index contributed by atoms with van der Waals surface area (Å²) in [6.07, 6.45) is 11.3. The molecule has 2 heteroatoms. The first kappa shape index (κ1) is 15.8. The number of fused-ring (bicyclic) bond motifs is 2. The number of hydrogen-bond acceptors (Lipinski definition) is 2. The molecule has 0 heterocycles. The fraction of sp³-hybridized carbons (Fsp3) is 1.00. The van der Waals surface area contributed by atoms with Crippen LogP contribution in [0.15, 0.2) is 0 Å². The molecular formula is C19H36N2. The molecule has 0 aromatic carbocycles. The van der Waals surface area contributed by atoms with E-state index in [1.165, 1.54) is 57.9 Å². The van der Waals surface area contributed by atoms with E-state index in [0.717, 1.165) is 12.0 Å². The summed E-state index contributed by atoms with van der Waals surface area (Å²) < 4.78 is 0. The predicted octanol–water partition coefficient (Wildman–Crippen LogP) is 4.06. The summed E-state index contributed by atoms with van der Waals surface area (Å²) >= 11 is 0. The van der Waals surface area contributed by atoms with E-state index in [-0.39, 0.29) is 0 Å². The lowest BCUT2D eigenvalue weighted by molar-refractivity contribution is 0.0735. The normalized spacial score (nSPS) is 40.9. The van der Waals surface area contributed by atoms with Crippen molar-refractivity contribution in [1.82, 2.24) is 10.2 Å². The van der Waals surface area contributed by atoms with Gasteiger partial charge in [-0.2, -0.15) is 0 Å². The van der Waals surface area contributed by atoms with Gasteiger partial charge in [0.05, 0.1) is 0 Å². The van der Waals surface area contributed by atoms with Gasteiger partial charge in [0.15, 0.2) is 0 Å². The quantitative estimate of drug-likeness (QED) is 0.841. The largest absolute Gasteiger partial charge is 0.312 e. The van der Waals surface area contributed by atoms with E-state index in [1.54, 1.807) is 0 Å². The molecule has 0 aromatic heterocycles. The Hall–Kier alpha value is -0.0800. The number of rotatable bonds is 4. The molecule has 0 amide bonds. The van der Waals surface area contributed by atoms with E-state index in [9.17, 15) is 0 Å². The van der Waals surface area contributed by atoms with Crippen LogP contribution in [0.5, 0.6) is 0 Å². The molecule has 122 valence electrons. The van der Waals surface area contributed by atoms with Gasteiger partial charge in [-0.25, -0.2) is 0 Å². The lowest BCUT2D eigenvalue weighted by Crippen LogP contribution is -2.56. The van der Waals surface area contributed by atoms with Crippen LogP contribution in [0.25, 0.3) is 0 Å². The Kier molecular flexibility index (Phi) is 3.94. The summed E-state index contributed by atoms with van der Waals surface area (Å²) in [4.78, 5) is 2.51. The van der Waals surface area contributed by atoms with Crippen molar-refractivity contribution in [2.24, 2.45) is 16.7 Å². The molecule has 21 heavy (non-hydrogen) atoms. The van der Waals surface area contributed by atoms with E-state index in [4.69, 9.17) is 0 Å². The fourth-order valence-electron chi connectivity index (χ4n) is 5.82. The second-order valence-electron chi connectivity index (χ2n) is 9.22. The number of likely N-dealkylation sites (N-methyl/N-ethyl adjacent to an activating group) is 1. The van der Waals surface area contributed by atoms with Crippen LogP contribution in [0.1, 0.15) is 72.1 Å². The summed E-state index contributed by atoms with van der Waals surface area (Å²) in [7, 11) is 4.58. The molecule has 3 saturated carbocycles. The Balaban J connectivity index is 1.68. The van der Waals surface area contributed by atoms with E-state index in [0.29, 0.717) is 16.4 Å². The second kappa shape index (κ2) is 5.23. The molecule has 3 aliphatic rings. The average Bonchev–Trinajstić information content (AvgIpc) is 2.79. The number of nitrogens with one attached hydrogen (secondary N) is 1. The third kappa shape index (κ3) is 2.28. The molecule has 3 unspecified atom stereocenters. The van der Waals surface area contributed by atoms with Crippen molar-refractivity contribution >= 4 is 0 Å². The van der Waals surface area contributed by atoms with Gasteiger partial charge in [0, 0.05) is 18.1 Å². The zero-order chi connectivity index (χ0) is 15.3. The zero-order valence-electron chi connectivity index (χ0n) is 15.0. The Morgan fingerprint density at radius 2 is 1.67 bits per heavy atom. The molecule has 0 radical (unpaired) electrons. The van der Waals surface area contributed by atoms with Crippen LogP contribution in [-0.2, 0) is 0 Å². The molecule has 1 N–H and O–H groups in total. The molecule has 3 aliphatic carbocycles. The Morgan fingerprint density at radius 1 is 1.00 bits per heavy atom. The van der Waals surface area contributed by atoms with Crippen LogP contribution in [0.2, 0.25) is 0 Å². The topological polar surface area (TPSA) is 15.3 Å². The monoisotopic (exact) mass is 292 g/mol. The first-order valence-corrected chi connectivity index (χ1v) is 9.23. The minimum atomic E-state index is 0.417. The fourth-order valence-corrected chi connectivity index (χ4v) is 5.82. The van der Waals surface area contributed by atoms with Gasteiger partial charge in [-0.05, 0) is 62.9 Å². The maximum Gasteiger partial charge on any atom is 0.0327 e. The van der Waals surface area contributed by atoms with E-state index in [2.05, 4.69) is 45.1 Å². The minimum Gasteiger partial charge on any atom is -0.312 e. The van der Waals surface area contributed by atoms with Crippen molar-refractivity contribution in [3.05, 3.63) is 0 Å². The highest BCUT2D eigenvalue weighted by molar-refractivity contribution is 5.13. The highest BCUT2D eigenvalue weighted by atomic mass is 15.2. The van der Waals surface area contributed by atoms with Crippen LogP contribution in [0, 0.1) is 16.7 Å². The number of nitrogens with zero attached hydrogens (tertiary/aromatic N) is 1. The first-order valence-electron chi connectivity index (χ1n) is 9.23. The van der Waals surface area contributed by atoms with Crippen molar-refractivity contribution in [3.8, 4) is 0 Å². The van der Waals surface area contributed by atoms with Gasteiger partial charge in [0.25, 0.3) is 0 Å². The van der Waals surface area contributed by atoms with E-state index in [1.807, 2.05) is 0 Å². The molecule has 2 bridgehead atoms. The van der Waals surface area contributed by atoms with Crippen LogP contribution in [-0.4, -0.2) is 37.1 Å². The van der Waals surface area contributed by atoms with Crippen molar-refractivity contribution in [1.29, 1.82) is 0 Å². The Morgan fingerprint density at radius 3 is 2.14 bits per heavy atom. The maximum absolute atomic E-state index is 4.06. The molecule has 3 fully saturated rings. The molecular weight excluding hydrogens is 256 g/mol. The molecule has 0 saturated heterocycles. The Labute approximate surface area is 132 Å². The van der Waals surface area contributed by atoms with Gasteiger partial charge in [0.1, 0.15) is 0 Å². The smallest absolute Gasteiger partial charge is 0.0327 e. The van der Waals surface area contributed by atoms with Gasteiger partial charge in [0.2, 0.25) is 0 Å². The third-order valence-corrected chi connectivity index (χ3v) is 8.20. The SMILES string of the molecule is CN(C)C1(CNC2CC3CCC2(C)C3(C)C)CCCCC1. The molecule has 3 rings (SSSR count). The van der Waals surface area contributed by atoms with Crippen LogP contribution in [0.3, 0.4) is 0 Å². The van der Waals surface area contributed by atoms with Gasteiger partial charge in [-0.1, -0.05) is 40.0 Å². The lowest BCUT2D eigenvalue weighted by Gasteiger charge is -2.46. The van der Waals surface area contributed by atoms with Gasteiger partial charge in [-0.3, -0.25) is 0 Å². The minimum absolute atomic E-state index is 0.417. The molecule has 0 spiro atoms. The molecule has 0 aromatic rings. The molecule has 0 aliphatic heterocycles. The maximum atomic E-state index is 4.06. The summed E-state index contributed by atoms with van der Waals surface area (Å²) in [5, 5.41) is 4.06. The van der Waals surface area contributed by atoms with Crippen LogP contribution in [0.4, 0.5) is 0 Å². The lowest BCUT2D eigenvalue weighted by atomic mass is 9.69. The van der Waals surface area contributed by atoms with Gasteiger partial charge < -0.3 is 10.2 Å².